The van der Waals surface area contributed by atoms with Gasteiger partial charge in [0.05, 0.1) is 0 Å². The zero-order valence-electron chi connectivity index (χ0n) is 84.4. The van der Waals surface area contributed by atoms with E-state index in [0.717, 1.165) is 200 Å². The molecule has 0 aliphatic carbocycles. The Kier molecular flexibility index (Phi) is 41.9. The van der Waals surface area contributed by atoms with E-state index >= 15 is 0 Å². The van der Waals surface area contributed by atoms with Crippen LogP contribution in [0.1, 0.15) is 247 Å². The molecular weight excluding hydrogens is 1640 g/mol. The highest BCUT2D eigenvalue weighted by Gasteiger charge is 2.41. The van der Waals surface area contributed by atoms with Crippen molar-refractivity contribution in [3.05, 3.63) is 126 Å². The van der Waals surface area contributed by atoms with Crippen molar-refractivity contribution in [1.82, 2.24) is 109 Å². The van der Waals surface area contributed by atoms with Crippen LogP contribution in [-0.4, -0.2) is 355 Å². The maximum Gasteiger partial charge on any atom is 0.403 e. The Labute approximate surface area is 778 Å². The quantitative estimate of drug-likeness (QED) is 0.0774. The number of hydrogen-bond acceptors (Lipinski definition) is 28. The molecule has 7 fully saturated rings. The van der Waals surface area contributed by atoms with Crippen molar-refractivity contribution < 1.29 is 18.0 Å². The molecule has 7 aromatic heterocycles. The number of nitrogens with zero attached hydrogens (tertiary/aromatic N) is 29. The Balaban J connectivity index is 0.000000187. The highest BCUT2D eigenvalue weighted by molar-refractivity contribution is 5.74. The highest BCUT2D eigenvalue weighted by Crippen LogP contribution is 2.29. The van der Waals surface area contributed by atoms with Crippen molar-refractivity contribution in [2.75, 3.05) is 226 Å². The van der Waals surface area contributed by atoms with Crippen LogP contribution in [0.4, 0.5) is 59.6 Å². The largest absolute Gasteiger partial charge is 0.403 e. The number of hydrogen-bond donors (Lipinski definition) is 0. The van der Waals surface area contributed by atoms with Gasteiger partial charge in [-0.05, 0) is 167 Å². The summed E-state index contributed by atoms with van der Waals surface area (Å²) in [5.41, 5.74) is 7.65. The van der Waals surface area contributed by atoms with E-state index < -0.39 is 12.2 Å². The Morgan fingerprint density at radius 3 is 0.769 bits per heavy atom. The number of likely N-dealkylation sites (N-methyl/N-ethyl adjacent to an activating group) is 3. The summed E-state index contributed by atoms with van der Waals surface area (Å²) in [5, 5.41) is 0. The van der Waals surface area contributed by atoms with Gasteiger partial charge in [0, 0.05) is 291 Å². The molecule has 0 saturated carbocycles. The summed E-state index contributed by atoms with van der Waals surface area (Å²) in [6.07, 6.45) is 8.76. The highest BCUT2D eigenvalue weighted by atomic mass is 19.4. The van der Waals surface area contributed by atoms with E-state index in [4.69, 9.17) is 9.97 Å². The lowest BCUT2D eigenvalue weighted by atomic mass is 10.1. The molecule has 30 nitrogen and oxygen atoms in total. The second-order valence-electron chi connectivity index (χ2n) is 38.7. The molecule has 14 heterocycles. The van der Waals surface area contributed by atoms with Crippen LogP contribution in [-0.2, 0) is 0 Å². The Bertz CT molecular complexity index is 4280. The van der Waals surface area contributed by atoms with Crippen molar-refractivity contribution in [3.8, 4) is 0 Å². The van der Waals surface area contributed by atoms with Crippen molar-refractivity contribution in [2.45, 2.75) is 256 Å². The maximum atomic E-state index is 12.7. The number of urea groups is 1. The third-order valence-corrected chi connectivity index (χ3v) is 25.5. The van der Waals surface area contributed by atoms with E-state index in [1.54, 1.807) is 25.2 Å². The number of piperazine rings is 7. The molecule has 0 bridgehead atoms. The first kappa shape index (κ1) is 106. The topological polar surface area (TPSA) is 246 Å². The summed E-state index contributed by atoms with van der Waals surface area (Å²) in [6.45, 7) is 74.3. The first-order chi connectivity index (χ1) is 61.6. The minimum absolute atomic E-state index is 0.0708. The lowest BCUT2D eigenvalue weighted by Crippen LogP contribution is -2.54. The van der Waals surface area contributed by atoms with Crippen molar-refractivity contribution >= 4 is 47.7 Å². The van der Waals surface area contributed by atoms with Gasteiger partial charge in [-0.2, -0.15) is 13.2 Å². The van der Waals surface area contributed by atoms with Gasteiger partial charge < -0.3 is 58.8 Å². The minimum Gasteiger partial charge on any atom is -0.338 e. The molecule has 130 heavy (non-hydrogen) atoms. The second kappa shape index (κ2) is 51.3. The molecule has 0 N–H and O–H groups in total. The lowest BCUT2D eigenvalue weighted by molar-refractivity contribution is -0.179. The van der Waals surface area contributed by atoms with Gasteiger partial charge in [0.25, 0.3) is 0 Å². The fraction of sp³-hybridized carbons (Fsp3) is 0.701. The van der Waals surface area contributed by atoms with E-state index in [2.05, 4.69) is 287 Å². The second-order valence-corrected chi connectivity index (χ2v) is 38.7. The number of alkyl halides is 3. The SMILES string of the molecule is CC(C)c1ccnc(N2CCN(C(=O)N(C)C)CC2)n1.CC(C)c1ccnc(N2CCN(C(C)C(F)(F)F)CC2)n1.CC(C)c1ccnc(N2CCN(C(C)C)[C@@H](C)C2)n1.CC(C)c1ccnc(N2CCN(C(C)C)[C@H](C)C2)n1.CC(C)c1ccnc(N2CCN(C)[C@@H](C)C2)n1.CC(C)c1ccnc(N2CCN(C)[C@H](C)C2)n1.CCN1CCN(c2nccc(C(C)C)n2)CC1. The molecule has 33 heteroatoms. The number of amides is 2. The zero-order chi connectivity index (χ0) is 95.4. The van der Waals surface area contributed by atoms with Crippen LogP contribution in [0.2, 0.25) is 0 Å². The molecule has 0 radical (unpaired) electrons. The summed E-state index contributed by atoms with van der Waals surface area (Å²) in [6, 6.07) is 16.0. The zero-order valence-corrected chi connectivity index (χ0v) is 84.4. The standard InChI is InChI=1S/2C15H26N4.C14H21F3N4.C14H23N5O.3C13H22N4/c2*1-11(2)14-6-7-16-15(17-14)18-8-9-19(12(3)4)13(5)10-18;1-10(2)12-4-5-18-13(19-12)21-8-6-20(7-9-21)11(3)14(15,16)17;1-11(2)12-5-6-15-13(16-12)18-7-9-19(10-8-18)14(20)17(3)4;2*1-10(2)12-5-6-14-13(15-12)17-8-7-16(4)11(3)9-17;1-4-16-7-9-17(10-8-16)13-14-6-5-12(15-13)11(2)3/h2*6-7,11-13H,8-10H2,1-5H3;4-5,10-11H,6-9H2,1-3H3;5-6,11H,7-10H2,1-4H3;2*5-6,10-11H,7-9H2,1-4H3;5-6,11H,4,7-10H2,1-3H3/t2*13-;;;2*11-;/m10..10./s1. The summed E-state index contributed by atoms with van der Waals surface area (Å²) in [4.78, 5) is 108. The smallest absolute Gasteiger partial charge is 0.338 e. The normalized spacial score (nSPS) is 19.9. The summed E-state index contributed by atoms with van der Waals surface area (Å²) < 4.78 is 38.1. The summed E-state index contributed by atoms with van der Waals surface area (Å²) >= 11 is 0. The van der Waals surface area contributed by atoms with E-state index in [1.165, 1.54) is 11.8 Å². The number of carbonyl (C=O) groups excluding carboxylic acids is 1. The molecule has 0 spiro atoms. The lowest BCUT2D eigenvalue weighted by Gasteiger charge is -2.42. The number of halogens is 3. The molecule has 5 atom stereocenters. The minimum atomic E-state index is -4.17. The average Bonchev–Trinajstić information content (AvgIpc) is 0.793. The van der Waals surface area contributed by atoms with Gasteiger partial charge in [-0.15, -0.1) is 0 Å². The van der Waals surface area contributed by atoms with Crippen molar-refractivity contribution in [3.63, 3.8) is 0 Å². The van der Waals surface area contributed by atoms with Gasteiger partial charge in [0.15, 0.2) is 0 Å². The average molecular weight is 1810 g/mol. The number of carbonyl (C=O) groups is 1. The number of anilines is 7. The summed E-state index contributed by atoms with van der Waals surface area (Å²) in [5.74, 6) is 8.83. The first-order valence-electron chi connectivity index (χ1n) is 48.1. The van der Waals surface area contributed by atoms with Crippen LogP contribution in [0, 0.1) is 0 Å². The van der Waals surface area contributed by atoms with Gasteiger partial charge in [0.1, 0.15) is 6.04 Å². The van der Waals surface area contributed by atoms with Crippen LogP contribution in [0.3, 0.4) is 0 Å². The third-order valence-electron chi connectivity index (χ3n) is 25.5. The molecule has 7 saturated heterocycles. The first-order valence-corrected chi connectivity index (χ1v) is 48.1. The molecule has 0 aromatic carbocycles. The Morgan fingerprint density at radius 1 is 0.331 bits per heavy atom. The van der Waals surface area contributed by atoms with Gasteiger partial charge in [0.2, 0.25) is 41.6 Å². The molecule has 1 unspecified atom stereocenters. The molecule has 2 amide bonds. The van der Waals surface area contributed by atoms with Gasteiger partial charge in [-0.25, -0.2) is 74.6 Å². The fourth-order valence-corrected chi connectivity index (χ4v) is 16.3. The van der Waals surface area contributed by atoms with Crippen LogP contribution in [0.25, 0.3) is 0 Å². The molecule has 7 aromatic rings. The van der Waals surface area contributed by atoms with E-state index in [1.807, 2.05) is 89.4 Å². The number of aromatic nitrogens is 14. The Morgan fingerprint density at radius 2 is 0.554 bits per heavy atom. The van der Waals surface area contributed by atoms with Crippen molar-refractivity contribution in [1.29, 1.82) is 0 Å². The van der Waals surface area contributed by atoms with Crippen LogP contribution < -0.4 is 34.3 Å². The predicted octanol–water partition coefficient (Wildman–Crippen LogP) is 14.3. The molecule has 7 aliphatic rings. The van der Waals surface area contributed by atoms with Crippen molar-refractivity contribution in [2.24, 2.45) is 0 Å². The van der Waals surface area contributed by atoms with E-state index in [0.29, 0.717) is 123 Å². The third kappa shape index (κ3) is 32.1. The molecular formula is C97H162F3N29O. The van der Waals surface area contributed by atoms with Gasteiger partial charge in [-0.1, -0.05) is 104 Å². The molecule has 14 rings (SSSR count). The number of rotatable bonds is 18. The van der Waals surface area contributed by atoms with E-state index in [-0.39, 0.29) is 6.03 Å². The maximum absolute atomic E-state index is 12.7. The van der Waals surface area contributed by atoms with Gasteiger partial charge in [-0.3, -0.25) is 14.7 Å². The molecule has 722 valence electrons. The summed E-state index contributed by atoms with van der Waals surface area (Å²) in [7, 11) is 7.91. The monoisotopic (exact) mass is 1810 g/mol. The van der Waals surface area contributed by atoms with Crippen LogP contribution >= 0.6 is 0 Å². The van der Waals surface area contributed by atoms with E-state index in [9.17, 15) is 18.0 Å². The molecule has 7 aliphatic heterocycles. The van der Waals surface area contributed by atoms with Gasteiger partial charge >= 0.3 is 12.2 Å². The fourth-order valence-electron chi connectivity index (χ4n) is 16.3. The van der Waals surface area contributed by atoms with Crippen LogP contribution in [0.15, 0.2) is 85.8 Å². The predicted molar refractivity (Wildman–Crippen MR) is 525 cm³/mol. The van der Waals surface area contributed by atoms with Crippen LogP contribution in [0.5, 0.6) is 0 Å². The Hall–Kier alpha value is -9.02.